The molecule has 20 heavy (non-hydrogen) atoms. The van der Waals surface area contributed by atoms with E-state index in [4.69, 9.17) is 5.73 Å². The molecule has 1 fully saturated rings. The van der Waals surface area contributed by atoms with Crippen LogP contribution in [0.4, 0.5) is 4.39 Å². The van der Waals surface area contributed by atoms with Gasteiger partial charge in [0, 0.05) is 18.2 Å². The lowest BCUT2D eigenvalue weighted by Crippen LogP contribution is -2.33. The molecular formula is C14H21FN2O2S. The topological polar surface area (TPSA) is 72.2 Å². The second kappa shape index (κ2) is 5.42. The fourth-order valence-electron chi connectivity index (χ4n) is 2.70. The molecule has 1 saturated carbocycles. The van der Waals surface area contributed by atoms with Crippen molar-refractivity contribution in [2.24, 2.45) is 11.1 Å². The Morgan fingerprint density at radius 3 is 2.70 bits per heavy atom. The van der Waals surface area contributed by atoms with Crippen LogP contribution in [0.1, 0.15) is 38.7 Å². The summed E-state index contributed by atoms with van der Waals surface area (Å²) in [5.41, 5.74) is 5.78. The minimum atomic E-state index is -3.62. The fraction of sp³-hybridized carbons (Fsp3) is 0.571. The second-order valence-electron chi connectivity index (χ2n) is 6.18. The highest BCUT2D eigenvalue weighted by Gasteiger charge is 2.33. The van der Waals surface area contributed by atoms with Gasteiger partial charge in [0.1, 0.15) is 5.82 Å². The molecule has 1 aliphatic rings. The maximum atomic E-state index is 13.4. The van der Waals surface area contributed by atoms with E-state index in [0.717, 1.165) is 25.3 Å². The van der Waals surface area contributed by atoms with Gasteiger partial charge in [-0.15, -0.1) is 0 Å². The van der Waals surface area contributed by atoms with E-state index in [1.807, 2.05) is 0 Å². The molecule has 0 heterocycles. The van der Waals surface area contributed by atoms with Crippen molar-refractivity contribution in [2.75, 3.05) is 0 Å². The van der Waals surface area contributed by atoms with Crippen LogP contribution in [0, 0.1) is 11.2 Å². The summed E-state index contributed by atoms with van der Waals surface area (Å²) in [4.78, 5) is 0.0732. The molecule has 0 bridgehead atoms. The van der Waals surface area contributed by atoms with Gasteiger partial charge in [-0.1, -0.05) is 13.8 Å². The first kappa shape index (κ1) is 15.4. The largest absolute Gasteiger partial charge is 0.326 e. The van der Waals surface area contributed by atoms with Crippen LogP contribution in [0.5, 0.6) is 0 Å². The number of halogens is 1. The van der Waals surface area contributed by atoms with Gasteiger partial charge in [-0.05, 0) is 42.9 Å². The Kier molecular flexibility index (Phi) is 4.18. The quantitative estimate of drug-likeness (QED) is 0.895. The zero-order valence-corrected chi connectivity index (χ0v) is 12.6. The molecule has 1 unspecified atom stereocenters. The Morgan fingerprint density at radius 1 is 1.45 bits per heavy atom. The van der Waals surface area contributed by atoms with Crippen LogP contribution in [0.15, 0.2) is 23.1 Å². The van der Waals surface area contributed by atoms with E-state index in [2.05, 4.69) is 18.6 Å². The zero-order valence-electron chi connectivity index (χ0n) is 11.8. The molecule has 0 radical (unpaired) electrons. The third kappa shape index (κ3) is 3.37. The first-order valence-corrected chi connectivity index (χ1v) is 8.23. The first-order chi connectivity index (χ1) is 9.23. The van der Waals surface area contributed by atoms with E-state index in [1.54, 1.807) is 0 Å². The summed E-state index contributed by atoms with van der Waals surface area (Å²) in [6.07, 6.45) is 2.64. The summed E-state index contributed by atoms with van der Waals surface area (Å²) in [6, 6.07) is 3.67. The average Bonchev–Trinajstić information content (AvgIpc) is 2.68. The molecule has 1 aromatic rings. The number of rotatable bonds is 4. The van der Waals surface area contributed by atoms with Gasteiger partial charge in [0.25, 0.3) is 0 Å². The monoisotopic (exact) mass is 300 g/mol. The summed E-state index contributed by atoms with van der Waals surface area (Å²) in [5, 5.41) is 0. The number of hydrogen-bond acceptors (Lipinski definition) is 3. The lowest BCUT2D eigenvalue weighted by atomic mass is 9.92. The van der Waals surface area contributed by atoms with Crippen molar-refractivity contribution in [3.05, 3.63) is 29.6 Å². The van der Waals surface area contributed by atoms with Gasteiger partial charge in [-0.25, -0.2) is 17.5 Å². The predicted octanol–water partition coefficient (Wildman–Crippen LogP) is 2.14. The number of benzene rings is 1. The smallest absolute Gasteiger partial charge is 0.240 e. The van der Waals surface area contributed by atoms with E-state index in [0.29, 0.717) is 0 Å². The highest BCUT2D eigenvalue weighted by atomic mass is 32.2. The van der Waals surface area contributed by atoms with Crippen molar-refractivity contribution >= 4 is 10.0 Å². The molecule has 0 spiro atoms. The molecule has 1 aliphatic carbocycles. The molecule has 0 aliphatic heterocycles. The van der Waals surface area contributed by atoms with Crippen molar-refractivity contribution in [1.82, 2.24) is 4.72 Å². The van der Waals surface area contributed by atoms with Crippen LogP contribution in [0.25, 0.3) is 0 Å². The first-order valence-electron chi connectivity index (χ1n) is 6.74. The molecule has 112 valence electrons. The molecule has 0 aromatic heterocycles. The van der Waals surface area contributed by atoms with Crippen LogP contribution in [0.3, 0.4) is 0 Å². The molecular weight excluding hydrogens is 279 g/mol. The predicted molar refractivity (Wildman–Crippen MR) is 76.0 cm³/mol. The van der Waals surface area contributed by atoms with E-state index < -0.39 is 15.8 Å². The summed E-state index contributed by atoms with van der Waals surface area (Å²) >= 11 is 0. The molecule has 3 N–H and O–H groups in total. The standard InChI is InChI=1S/C14H21FN2O2S/c1-14(2)6-5-11(8-14)17-20(18,19)12-3-4-13(15)10(7-12)9-16/h3-4,7,11,17H,5-6,8-9,16H2,1-2H3. The van der Waals surface area contributed by atoms with E-state index in [1.165, 1.54) is 12.1 Å². The van der Waals surface area contributed by atoms with Gasteiger partial charge in [0.05, 0.1) is 4.90 Å². The Morgan fingerprint density at radius 2 is 2.15 bits per heavy atom. The van der Waals surface area contributed by atoms with Crippen LogP contribution < -0.4 is 10.5 Å². The minimum absolute atomic E-state index is 0.0222. The van der Waals surface area contributed by atoms with Gasteiger partial charge in [-0.2, -0.15) is 0 Å². The van der Waals surface area contributed by atoms with Crippen molar-refractivity contribution in [3.63, 3.8) is 0 Å². The molecule has 1 aromatic carbocycles. The summed E-state index contributed by atoms with van der Waals surface area (Å²) in [6.45, 7) is 4.24. The molecule has 1 atom stereocenters. The molecule has 0 amide bonds. The summed E-state index contributed by atoms with van der Waals surface area (Å²) in [7, 11) is -3.62. The van der Waals surface area contributed by atoms with Gasteiger partial charge < -0.3 is 5.73 Å². The van der Waals surface area contributed by atoms with E-state index in [-0.39, 0.29) is 28.5 Å². The number of hydrogen-bond donors (Lipinski definition) is 2. The lowest BCUT2D eigenvalue weighted by Gasteiger charge is -2.18. The number of nitrogens with two attached hydrogens (primary N) is 1. The minimum Gasteiger partial charge on any atom is -0.326 e. The lowest BCUT2D eigenvalue weighted by molar-refractivity contribution is 0.372. The van der Waals surface area contributed by atoms with Gasteiger partial charge in [0.2, 0.25) is 10.0 Å². The van der Waals surface area contributed by atoms with E-state index in [9.17, 15) is 12.8 Å². The SMILES string of the molecule is CC1(C)CCC(NS(=O)(=O)c2ccc(F)c(CN)c2)C1. The van der Waals surface area contributed by atoms with E-state index >= 15 is 0 Å². The van der Waals surface area contributed by atoms with Crippen LogP contribution in [0.2, 0.25) is 0 Å². The Labute approximate surface area is 119 Å². The van der Waals surface area contributed by atoms with Gasteiger partial charge in [0.15, 0.2) is 0 Å². The van der Waals surface area contributed by atoms with Gasteiger partial charge >= 0.3 is 0 Å². The Bertz CT molecular complexity index is 599. The third-order valence-electron chi connectivity index (χ3n) is 3.84. The second-order valence-corrected chi connectivity index (χ2v) is 7.90. The third-order valence-corrected chi connectivity index (χ3v) is 5.36. The van der Waals surface area contributed by atoms with Crippen molar-refractivity contribution in [3.8, 4) is 0 Å². The normalized spacial score (nSPS) is 22.1. The Balaban J connectivity index is 2.19. The molecule has 4 nitrogen and oxygen atoms in total. The molecule has 0 saturated heterocycles. The van der Waals surface area contributed by atoms with Crippen LogP contribution >= 0.6 is 0 Å². The van der Waals surface area contributed by atoms with Crippen molar-refractivity contribution < 1.29 is 12.8 Å². The maximum Gasteiger partial charge on any atom is 0.240 e. The van der Waals surface area contributed by atoms with Crippen LogP contribution in [-0.2, 0) is 16.6 Å². The zero-order chi connectivity index (χ0) is 15.0. The highest BCUT2D eigenvalue weighted by Crippen LogP contribution is 2.37. The number of nitrogens with one attached hydrogen (secondary N) is 1. The highest BCUT2D eigenvalue weighted by molar-refractivity contribution is 7.89. The van der Waals surface area contributed by atoms with Crippen LogP contribution in [-0.4, -0.2) is 14.5 Å². The summed E-state index contributed by atoms with van der Waals surface area (Å²) in [5.74, 6) is -0.478. The van der Waals surface area contributed by atoms with Crippen molar-refractivity contribution in [1.29, 1.82) is 0 Å². The average molecular weight is 300 g/mol. The molecule has 6 heteroatoms. The fourth-order valence-corrected chi connectivity index (χ4v) is 4.02. The Hall–Kier alpha value is -0.980. The summed E-state index contributed by atoms with van der Waals surface area (Å²) < 4.78 is 40.7. The maximum absolute atomic E-state index is 13.4. The number of sulfonamides is 1. The molecule has 2 rings (SSSR count). The van der Waals surface area contributed by atoms with Gasteiger partial charge in [-0.3, -0.25) is 0 Å². The van der Waals surface area contributed by atoms with Crippen molar-refractivity contribution in [2.45, 2.75) is 50.6 Å².